The van der Waals surface area contributed by atoms with Gasteiger partial charge in [-0.15, -0.1) is 0 Å². The average molecular weight is 303 g/mol. The Hall–Kier alpha value is -0.180. The minimum atomic E-state index is -0.675. The molecular formula is C17H34O2S. The molecule has 0 amide bonds. The second-order valence-electron chi connectivity index (χ2n) is 6.23. The van der Waals surface area contributed by atoms with Gasteiger partial charge < -0.3 is 5.11 Å². The van der Waals surface area contributed by atoms with Gasteiger partial charge in [-0.2, -0.15) is 11.8 Å². The molecule has 0 aliphatic rings. The minimum Gasteiger partial charge on any atom is -0.481 e. The number of thioether (sulfide) groups is 1. The largest absolute Gasteiger partial charge is 0.481 e. The van der Waals surface area contributed by atoms with Crippen LogP contribution in [0.5, 0.6) is 0 Å². The lowest BCUT2D eigenvalue weighted by atomic mass is 9.78. The summed E-state index contributed by atoms with van der Waals surface area (Å²) in [6.45, 7) is 6.96. The molecule has 0 aromatic heterocycles. The van der Waals surface area contributed by atoms with Crippen LogP contribution in [-0.2, 0) is 4.79 Å². The number of carbonyl (C=O) groups is 1. The van der Waals surface area contributed by atoms with E-state index in [1.165, 1.54) is 57.8 Å². The molecule has 0 bridgehead atoms. The molecule has 0 aromatic rings. The Morgan fingerprint density at radius 2 is 1.60 bits per heavy atom. The first-order valence-electron chi connectivity index (χ1n) is 8.33. The van der Waals surface area contributed by atoms with E-state index in [2.05, 4.69) is 20.8 Å². The molecule has 0 spiro atoms. The van der Waals surface area contributed by atoms with Gasteiger partial charge in [0.05, 0.1) is 6.42 Å². The third-order valence-electron chi connectivity index (χ3n) is 4.08. The van der Waals surface area contributed by atoms with Gasteiger partial charge in [0.2, 0.25) is 0 Å². The van der Waals surface area contributed by atoms with Crippen LogP contribution in [0.15, 0.2) is 0 Å². The molecule has 0 radical (unpaired) electrons. The Kier molecular flexibility index (Phi) is 12.4. The third-order valence-corrected chi connectivity index (χ3v) is 5.06. The van der Waals surface area contributed by atoms with E-state index in [0.29, 0.717) is 11.8 Å². The molecule has 120 valence electrons. The molecule has 0 aliphatic heterocycles. The first-order chi connectivity index (χ1) is 9.54. The van der Waals surface area contributed by atoms with Crippen molar-refractivity contribution in [1.29, 1.82) is 0 Å². The average Bonchev–Trinajstić information content (AvgIpc) is 2.41. The van der Waals surface area contributed by atoms with Crippen LogP contribution in [0.4, 0.5) is 0 Å². The van der Waals surface area contributed by atoms with Gasteiger partial charge >= 0.3 is 5.97 Å². The van der Waals surface area contributed by atoms with Crippen molar-refractivity contribution < 1.29 is 9.90 Å². The lowest BCUT2D eigenvalue weighted by Gasteiger charge is -2.30. The fourth-order valence-corrected chi connectivity index (χ4v) is 3.70. The predicted octanol–water partition coefficient (Wildman–Crippen LogP) is 5.75. The molecule has 1 atom stereocenters. The summed E-state index contributed by atoms with van der Waals surface area (Å²) in [6.07, 6.45) is 12.2. The molecule has 3 heteroatoms. The molecule has 0 rings (SSSR count). The summed E-state index contributed by atoms with van der Waals surface area (Å²) in [4.78, 5) is 10.5. The van der Waals surface area contributed by atoms with E-state index in [1.807, 2.05) is 0 Å². The van der Waals surface area contributed by atoms with Crippen LogP contribution in [0.3, 0.4) is 0 Å². The lowest BCUT2D eigenvalue weighted by Crippen LogP contribution is -2.18. The normalized spacial score (nSPS) is 14.2. The third kappa shape index (κ3) is 11.6. The summed E-state index contributed by atoms with van der Waals surface area (Å²) >= 11 is 1.80. The van der Waals surface area contributed by atoms with Crippen molar-refractivity contribution in [2.24, 2.45) is 5.41 Å². The van der Waals surface area contributed by atoms with Gasteiger partial charge in [-0.3, -0.25) is 4.79 Å². The van der Waals surface area contributed by atoms with Gasteiger partial charge in [-0.25, -0.2) is 0 Å². The fourth-order valence-electron chi connectivity index (χ4n) is 2.54. The quantitative estimate of drug-likeness (QED) is 0.415. The lowest BCUT2D eigenvalue weighted by molar-refractivity contribution is -0.136. The number of aliphatic carboxylic acids is 1. The molecule has 0 fully saturated rings. The van der Waals surface area contributed by atoms with Gasteiger partial charge in [-0.1, -0.05) is 59.3 Å². The summed E-state index contributed by atoms with van der Waals surface area (Å²) in [6, 6.07) is 0. The number of rotatable bonds is 14. The van der Waals surface area contributed by atoms with E-state index in [4.69, 9.17) is 5.11 Å². The number of carboxylic acids is 1. The van der Waals surface area contributed by atoms with Crippen molar-refractivity contribution >= 4 is 17.7 Å². The first kappa shape index (κ1) is 19.8. The summed E-state index contributed by atoms with van der Waals surface area (Å²) in [5, 5.41) is 8.64. The zero-order valence-electron chi connectivity index (χ0n) is 13.7. The van der Waals surface area contributed by atoms with Crippen LogP contribution in [0.1, 0.15) is 85.0 Å². The van der Waals surface area contributed by atoms with E-state index in [9.17, 15) is 4.79 Å². The zero-order chi connectivity index (χ0) is 15.3. The second-order valence-corrected chi connectivity index (χ2v) is 7.46. The van der Waals surface area contributed by atoms with E-state index < -0.39 is 5.97 Å². The monoisotopic (exact) mass is 302 g/mol. The van der Waals surface area contributed by atoms with E-state index in [-0.39, 0.29) is 0 Å². The van der Waals surface area contributed by atoms with Crippen LogP contribution < -0.4 is 0 Å². The summed E-state index contributed by atoms with van der Waals surface area (Å²) in [7, 11) is 0. The van der Waals surface area contributed by atoms with Crippen LogP contribution in [-0.4, -0.2) is 22.6 Å². The van der Waals surface area contributed by atoms with Crippen molar-refractivity contribution in [3.63, 3.8) is 0 Å². The minimum absolute atomic E-state index is 0.298. The first-order valence-corrected chi connectivity index (χ1v) is 9.49. The molecule has 0 saturated carbocycles. The van der Waals surface area contributed by atoms with E-state index >= 15 is 0 Å². The van der Waals surface area contributed by atoms with Crippen LogP contribution in [0, 0.1) is 5.41 Å². The highest BCUT2D eigenvalue weighted by molar-refractivity contribution is 7.99. The topological polar surface area (TPSA) is 37.3 Å². The molecule has 0 aliphatic carbocycles. The van der Waals surface area contributed by atoms with Crippen molar-refractivity contribution in [2.75, 3.05) is 11.5 Å². The SMILES string of the molecule is CCCCCCC(C)(CCCC)CCSCCC(=O)O. The summed E-state index contributed by atoms with van der Waals surface area (Å²) in [5.41, 5.74) is 0.472. The summed E-state index contributed by atoms with van der Waals surface area (Å²) in [5.74, 6) is 1.20. The Labute approximate surface area is 130 Å². The van der Waals surface area contributed by atoms with Crippen molar-refractivity contribution in [1.82, 2.24) is 0 Å². The van der Waals surface area contributed by atoms with Crippen molar-refractivity contribution in [3.8, 4) is 0 Å². The predicted molar refractivity (Wildman–Crippen MR) is 90.6 cm³/mol. The summed E-state index contributed by atoms with van der Waals surface area (Å²) < 4.78 is 0. The maximum atomic E-state index is 10.5. The Bertz CT molecular complexity index is 243. The Morgan fingerprint density at radius 1 is 0.950 bits per heavy atom. The molecule has 0 saturated heterocycles. The van der Waals surface area contributed by atoms with E-state index in [1.54, 1.807) is 11.8 Å². The molecular weight excluding hydrogens is 268 g/mol. The molecule has 2 nitrogen and oxygen atoms in total. The number of hydrogen-bond acceptors (Lipinski definition) is 2. The van der Waals surface area contributed by atoms with E-state index in [0.717, 1.165) is 11.5 Å². The van der Waals surface area contributed by atoms with Gasteiger partial charge in [-0.05, 0) is 30.4 Å². The number of carboxylic acid groups (broad SMARTS) is 1. The fraction of sp³-hybridized carbons (Fsp3) is 0.941. The smallest absolute Gasteiger partial charge is 0.304 e. The highest BCUT2D eigenvalue weighted by Gasteiger charge is 2.22. The molecule has 1 unspecified atom stereocenters. The van der Waals surface area contributed by atoms with Gasteiger partial charge in [0.1, 0.15) is 0 Å². The Morgan fingerprint density at radius 3 is 2.20 bits per heavy atom. The van der Waals surface area contributed by atoms with Crippen LogP contribution in [0.25, 0.3) is 0 Å². The zero-order valence-corrected chi connectivity index (χ0v) is 14.6. The van der Waals surface area contributed by atoms with Crippen molar-refractivity contribution in [3.05, 3.63) is 0 Å². The van der Waals surface area contributed by atoms with Gasteiger partial charge in [0.25, 0.3) is 0 Å². The number of unbranched alkanes of at least 4 members (excludes halogenated alkanes) is 4. The van der Waals surface area contributed by atoms with Gasteiger partial charge in [0, 0.05) is 5.75 Å². The second kappa shape index (κ2) is 12.6. The maximum absolute atomic E-state index is 10.5. The standard InChI is InChI=1S/C17H34O2S/c1-4-6-8-9-12-17(3,11-7-5-2)13-15-20-14-10-16(18)19/h4-15H2,1-3H3,(H,18,19). The molecule has 1 N–H and O–H groups in total. The molecule has 20 heavy (non-hydrogen) atoms. The molecule has 0 heterocycles. The van der Waals surface area contributed by atoms with Crippen molar-refractivity contribution in [2.45, 2.75) is 85.0 Å². The maximum Gasteiger partial charge on any atom is 0.304 e. The number of hydrogen-bond donors (Lipinski definition) is 1. The Balaban J connectivity index is 3.94. The highest BCUT2D eigenvalue weighted by Crippen LogP contribution is 2.35. The highest BCUT2D eigenvalue weighted by atomic mass is 32.2. The van der Waals surface area contributed by atoms with Crippen LogP contribution >= 0.6 is 11.8 Å². The van der Waals surface area contributed by atoms with Gasteiger partial charge in [0.15, 0.2) is 0 Å². The van der Waals surface area contributed by atoms with Crippen LogP contribution in [0.2, 0.25) is 0 Å². The molecule has 0 aromatic carbocycles.